The zero-order valence-corrected chi connectivity index (χ0v) is 11.7. The van der Waals surface area contributed by atoms with Crippen molar-refractivity contribution in [3.05, 3.63) is 12.4 Å². The monoisotopic (exact) mass is 293 g/mol. The second kappa shape index (κ2) is 5.48. The van der Waals surface area contributed by atoms with Crippen LogP contribution in [0.2, 0.25) is 0 Å². The first-order valence-corrected chi connectivity index (χ1v) is 7.20. The van der Waals surface area contributed by atoms with Crippen LogP contribution < -0.4 is 9.64 Å². The SMILES string of the molecule is O=C(O)[C@@]12CCC[C@H]1CN(c1cncc(OCCO)n1)C2. The summed E-state index contributed by atoms with van der Waals surface area (Å²) in [5.41, 5.74) is -0.635. The van der Waals surface area contributed by atoms with Gasteiger partial charge in [-0.15, -0.1) is 0 Å². The average Bonchev–Trinajstić information content (AvgIpc) is 3.03. The second-order valence-corrected chi connectivity index (χ2v) is 5.72. The van der Waals surface area contributed by atoms with E-state index in [1.807, 2.05) is 4.90 Å². The van der Waals surface area contributed by atoms with Crippen molar-refractivity contribution in [3.63, 3.8) is 0 Å². The highest BCUT2D eigenvalue weighted by molar-refractivity contribution is 5.77. The van der Waals surface area contributed by atoms with Crippen molar-refractivity contribution in [2.45, 2.75) is 19.3 Å². The van der Waals surface area contributed by atoms with Crippen molar-refractivity contribution >= 4 is 11.8 Å². The van der Waals surface area contributed by atoms with Crippen LogP contribution in [0.5, 0.6) is 5.88 Å². The number of nitrogens with zero attached hydrogens (tertiary/aromatic N) is 3. The van der Waals surface area contributed by atoms with Gasteiger partial charge in [0.2, 0.25) is 5.88 Å². The predicted molar refractivity (Wildman–Crippen MR) is 74.2 cm³/mol. The van der Waals surface area contributed by atoms with Crippen LogP contribution in [0.1, 0.15) is 19.3 Å². The molecule has 1 saturated heterocycles. The molecule has 0 bridgehead atoms. The number of ether oxygens (including phenoxy) is 1. The molecule has 2 heterocycles. The van der Waals surface area contributed by atoms with Gasteiger partial charge in [0.25, 0.3) is 0 Å². The molecule has 2 fully saturated rings. The van der Waals surface area contributed by atoms with Crippen molar-refractivity contribution in [2.75, 3.05) is 31.2 Å². The van der Waals surface area contributed by atoms with E-state index in [-0.39, 0.29) is 19.1 Å². The maximum absolute atomic E-state index is 11.7. The summed E-state index contributed by atoms with van der Waals surface area (Å²) in [5.74, 6) is 0.468. The molecule has 2 atom stereocenters. The van der Waals surface area contributed by atoms with Gasteiger partial charge in [-0.1, -0.05) is 6.42 Å². The van der Waals surface area contributed by atoms with E-state index in [0.717, 1.165) is 19.3 Å². The number of rotatable bonds is 5. The van der Waals surface area contributed by atoms with E-state index >= 15 is 0 Å². The number of carbonyl (C=O) groups is 1. The van der Waals surface area contributed by atoms with E-state index in [0.29, 0.717) is 24.8 Å². The summed E-state index contributed by atoms with van der Waals surface area (Å²) in [6.45, 7) is 1.26. The Morgan fingerprint density at radius 1 is 1.52 bits per heavy atom. The Bertz CT molecular complexity index is 539. The van der Waals surface area contributed by atoms with E-state index < -0.39 is 11.4 Å². The molecule has 21 heavy (non-hydrogen) atoms. The van der Waals surface area contributed by atoms with Gasteiger partial charge in [0.15, 0.2) is 5.82 Å². The number of aliphatic hydroxyl groups excluding tert-OH is 1. The molecule has 1 aliphatic carbocycles. The number of carboxylic acids is 1. The largest absolute Gasteiger partial charge is 0.481 e. The lowest BCUT2D eigenvalue weighted by molar-refractivity contribution is -0.149. The Morgan fingerprint density at radius 3 is 3.10 bits per heavy atom. The molecule has 1 aromatic rings. The van der Waals surface area contributed by atoms with Gasteiger partial charge >= 0.3 is 5.97 Å². The van der Waals surface area contributed by atoms with Crippen LogP contribution in [0.3, 0.4) is 0 Å². The van der Waals surface area contributed by atoms with Gasteiger partial charge in [0.1, 0.15) is 6.61 Å². The highest BCUT2D eigenvalue weighted by atomic mass is 16.5. The van der Waals surface area contributed by atoms with E-state index in [4.69, 9.17) is 9.84 Å². The Labute approximate surface area is 122 Å². The summed E-state index contributed by atoms with van der Waals surface area (Å²) < 4.78 is 5.26. The summed E-state index contributed by atoms with van der Waals surface area (Å²) in [6.07, 6.45) is 5.79. The molecule has 0 radical (unpaired) electrons. The van der Waals surface area contributed by atoms with Crippen LogP contribution in [-0.2, 0) is 4.79 Å². The number of aliphatic hydroxyl groups is 1. The molecule has 7 heteroatoms. The molecule has 3 rings (SSSR count). The van der Waals surface area contributed by atoms with Crippen LogP contribution in [-0.4, -0.2) is 52.5 Å². The first-order chi connectivity index (χ1) is 10.2. The fourth-order valence-corrected chi connectivity index (χ4v) is 3.52. The summed E-state index contributed by atoms with van der Waals surface area (Å²) in [5, 5.41) is 18.4. The number of carboxylic acid groups (broad SMARTS) is 1. The van der Waals surface area contributed by atoms with Crippen LogP contribution in [0, 0.1) is 11.3 Å². The zero-order valence-electron chi connectivity index (χ0n) is 11.7. The first-order valence-electron chi connectivity index (χ1n) is 7.20. The Hall–Kier alpha value is -1.89. The van der Waals surface area contributed by atoms with Crippen molar-refractivity contribution in [2.24, 2.45) is 11.3 Å². The fourth-order valence-electron chi connectivity index (χ4n) is 3.52. The van der Waals surface area contributed by atoms with Gasteiger partial charge in [0, 0.05) is 13.1 Å². The highest BCUT2D eigenvalue weighted by Gasteiger charge is 2.55. The number of fused-ring (bicyclic) bond motifs is 1. The van der Waals surface area contributed by atoms with E-state index in [2.05, 4.69) is 9.97 Å². The van der Waals surface area contributed by atoms with Gasteiger partial charge in [-0.3, -0.25) is 9.78 Å². The normalized spacial score (nSPS) is 27.7. The molecular formula is C14H19N3O4. The number of anilines is 1. The van der Waals surface area contributed by atoms with Crippen LogP contribution in [0.15, 0.2) is 12.4 Å². The number of aliphatic carboxylic acids is 1. The highest BCUT2D eigenvalue weighted by Crippen LogP contribution is 2.49. The lowest BCUT2D eigenvalue weighted by Crippen LogP contribution is -2.35. The molecule has 1 aliphatic heterocycles. The summed E-state index contributed by atoms with van der Waals surface area (Å²) in [4.78, 5) is 22.1. The van der Waals surface area contributed by atoms with Crippen molar-refractivity contribution in [1.29, 1.82) is 0 Å². The third-order valence-electron chi connectivity index (χ3n) is 4.56. The lowest BCUT2D eigenvalue weighted by Gasteiger charge is -2.23. The van der Waals surface area contributed by atoms with Crippen LogP contribution in [0.25, 0.3) is 0 Å². The molecular weight excluding hydrogens is 274 g/mol. The predicted octanol–water partition coefficient (Wildman–Crippen LogP) is 0.539. The molecule has 2 aliphatic rings. The van der Waals surface area contributed by atoms with E-state index in [1.165, 1.54) is 6.20 Å². The van der Waals surface area contributed by atoms with Crippen LogP contribution >= 0.6 is 0 Å². The van der Waals surface area contributed by atoms with Gasteiger partial charge in [-0.05, 0) is 18.8 Å². The van der Waals surface area contributed by atoms with Gasteiger partial charge in [-0.25, -0.2) is 0 Å². The quantitative estimate of drug-likeness (QED) is 0.818. The maximum atomic E-state index is 11.7. The molecule has 1 saturated carbocycles. The van der Waals surface area contributed by atoms with Gasteiger partial charge < -0.3 is 19.8 Å². The average molecular weight is 293 g/mol. The molecule has 0 amide bonds. The smallest absolute Gasteiger partial charge is 0.311 e. The zero-order chi connectivity index (χ0) is 14.9. The fraction of sp³-hybridized carbons (Fsp3) is 0.643. The van der Waals surface area contributed by atoms with Gasteiger partial charge in [-0.2, -0.15) is 4.98 Å². The summed E-state index contributed by atoms with van der Waals surface area (Å²) in [7, 11) is 0. The molecule has 0 aromatic carbocycles. The summed E-state index contributed by atoms with van der Waals surface area (Å²) in [6, 6.07) is 0. The molecule has 1 aromatic heterocycles. The third-order valence-corrected chi connectivity index (χ3v) is 4.56. The standard InChI is InChI=1S/C14H19N3O4/c18-4-5-21-12-7-15-6-11(16-12)17-8-10-2-1-3-14(10,9-17)13(19)20/h6-7,10,18H,1-5,8-9H2,(H,19,20)/t10-,14+/m0/s1. The molecule has 0 spiro atoms. The van der Waals surface area contributed by atoms with Gasteiger partial charge in [0.05, 0.1) is 24.4 Å². The summed E-state index contributed by atoms with van der Waals surface area (Å²) >= 11 is 0. The lowest BCUT2D eigenvalue weighted by atomic mass is 9.81. The van der Waals surface area contributed by atoms with E-state index in [1.54, 1.807) is 6.20 Å². The number of aromatic nitrogens is 2. The Kier molecular flexibility index (Phi) is 3.67. The molecule has 2 N–H and O–H groups in total. The minimum absolute atomic E-state index is 0.0835. The van der Waals surface area contributed by atoms with Crippen molar-refractivity contribution in [3.8, 4) is 5.88 Å². The third kappa shape index (κ3) is 2.42. The van der Waals surface area contributed by atoms with Crippen LogP contribution in [0.4, 0.5) is 5.82 Å². The topological polar surface area (TPSA) is 95.8 Å². The number of hydrogen-bond acceptors (Lipinski definition) is 6. The Balaban J connectivity index is 1.78. The molecule has 7 nitrogen and oxygen atoms in total. The van der Waals surface area contributed by atoms with E-state index in [9.17, 15) is 9.90 Å². The first kappa shape index (κ1) is 14.1. The molecule has 0 unspecified atom stereocenters. The second-order valence-electron chi connectivity index (χ2n) is 5.72. The Morgan fingerprint density at radius 2 is 2.38 bits per heavy atom. The van der Waals surface area contributed by atoms with Crippen molar-refractivity contribution in [1.82, 2.24) is 9.97 Å². The van der Waals surface area contributed by atoms with Crippen molar-refractivity contribution < 1.29 is 19.7 Å². The molecule has 114 valence electrons. The maximum Gasteiger partial charge on any atom is 0.311 e. The number of hydrogen-bond donors (Lipinski definition) is 2. The minimum Gasteiger partial charge on any atom is -0.481 e. The minimum atomic E-state index is -0.701.